The molecule has 2 heterocycles. The molecule has 0 fully saturated rings. The second kappa shape index (κ2) is 7.01. The summed E-state index contributed by atoms with van der Waals surface area (Å²) in [6, 6.07) is 7.64. The van der Waals surface area contributed by atoms with Gasteiger partial charge >= 0.3 is 0 Å². The molecule has 4 heteroatoms. The minimum Gasteiger partial charge on any atom is -0.489 e. The van der Waals surface area contributed by atoms with Crippen LogP contribution in [0.3, 0.4) is 0 Å². The minimum absolute atomic E-state index is 0.0951. The highest BCUT2D eigenvalue weighted by atomic mass is 16.5. The highest BCUT2D eigenvalue weighted by Gasteiger charge is 2.10. The van der Waals surface area contributed by atoms with Crippen molar-refractivity contribution in [3.63, 3.8) is 0 Å². The zero-order valence-electron chi connectivity index (χ0n) is 11.9. The third kappa shape index (κ3) is 4.31. The molecule has 1 N–H and O–H groups in total. The quantitative estimate of drug-likeness (QED) is 0.878. The summed E-state index contributed by atoms with van der Waals surface area (Å²) in [5, 5.41) is 10.2. The Morgan fingerprint density at radius 3 is 2.80 bits per heavy atom. The molecule has 2 aromatic rings. The van der Waals surface area contributed by atoms with E-state index in [0.29, 0.717) is 12.2 Å². The van der Waals surface area contributed by atoms with E-state index in [1.165, 1.54) is 0 Å². The fourth-order valence-corrected chi connectivity index (χ4v) is 1.95. The SMILES string of the molecule is CC(C)Oc1cncc(C(O)CCc2ccccn2)c1. The van der Waals surface area contributed by atoms with E-state index in [1.54, 1.807) is 18.6 Å². The van der Waals surface area contributed by atoms with Crippen molar-refractivity contribution in [2.75, 3.05) is 0 Å². The molecule has 0 amide bonds. The first-order valence-electron chi connectivity index (χ1n) is 6.84. The highest BCUT2D eigenvalue weighted by molar-refractivity contribution is 5.25. The Bertz CT molecular complexity index is 529. The average Bonchev–Trinajstić information content (AvgIpc) is 2.45. The second-order valence-electron chi connectivity index (χ2n) is 5.00. The van der Waals surface area contributed by atoms with Gasteiger partial charge in [-0.3, -0.25) is 9.97 Å². The first-order chi connectivity index (χ1) is 9.65. The first kappa shape index (κ1) is 14.5. The topological polar surface area (TPSA) is 55.2 Å². The van der Waals surface area contributed by atoms with Crippen LogP contribution < -0.4 is 4.74 Å². The van der Waals surface area contributed by atoms with Gasteiger partial charge < -0.3 is 9.84 Å². The van der Waals surface area contributed by atoms with Crippen LogP contribution in [0.15, 0.2) is 42.9 Å². The van der Waals surface area contributed by atoms with Crippen molar-refractivity contribution in [2.24, 2.45) is 0 Å². The number of ether oxygens (including phenoxy) is 1. The maximum absolute atomic E-state index is 10.2. The molecule has 4 nitrogen and oxygen atoms in total. The molecule has 0 aliphatic rings. The van der Waals surface area contributed by atoms with Crippen molar-refractivity contribution in [1.82, 2.24) is 9.97 Å². The lowest BCUT2D eigenvalue weighted by Gasteiger charge is -2.13. The van der Waals surface area contributed by atoms with Gasteiger partial charge in [0.2, 0.25) is 0 Å². The predicted octanol–water partition coefficient (Wildman–Crippen LogP) is 2.93. The Hall–Kier alpha value is -1.94. The summed E-state index contributed by atoms with van der Waals surface area (Å²) in [5.41, 5.74) is 1.76. The van der Waals surface area contributed by atoms with Crippen molar-refractivity contribution >= 4 is 0 Å². The Morgan fingerprint density at radius 1 is 1.25 bits per heavy atom. The fourth-order valence-electron chi connectivity index (χ4n) is 1.95. The highest BCUT2D eigenvalue weighted by Crippen LogP contribution is 2.22. The minimum atomic E-state index is -0.555. The lowest BCUT2D eigenvalue weighted by atomic mass is 10.1. The van der Waals surface area contributed by atoms with Gasteiger partial charge in [-0.2, -0.15) is 0 Å². The molecule has 2 aromatic heterocycles. The molecule has 106 valence electrons. The zero-order chi connectivity index (χ0) is 14.4. The average molecular weight is 272 g/mol. The van der Waals surface area contributed by atoms with Gasteiger partial charge in [0, 0.05) is 23.7 Å². The molecule has 0 radical (unpaired) electrons. The molecule has 1 atom stereocenters. The van der Waals surface area contributed by atoms with Crippen LogP contribution in [-0.2, 0) is 6.42 Å². The Labute approximate surface area is 119 Å². The lowest BCUT2D eigenvalue weighted by molar-refractivity contribution is 0.165. The van der Waals surface area contributed by atoms with E-state index in [-0.39, 0.29) is 6.10 Å². The number of hydrogen-bond donors (Lipinski definition) is 1. The van der Waals surface area contributed by atoms with Gasteiger partial charge in [-0.05, 0) is 44.9 Å². The Morgan fingerprint density at radius 2 is 2.10 bits per heavy atom. The third-order valence-electron chi connectivity index (χ3n) is 2.89. The zero-order valence-corrected chi connectivity index (χ0v) is 11.9. The molecule has 0 aliphatic heterocycles. The summed E-state index contributed by atoms with van der Waals surface area (Å²) in [5.74, 6) is 0.689. The molecule has 0 aromatic carbocycles. The number of aromatic nitrogens is 2. The van der Waals surface area contributed by atoms with Crippen molar-refractivity contribution < 1.29 is 9.84 Å². The molecule has 1 unspecified atom stereocenters. The van der Waals surface area contributed by atoms with E-state index >= 15 is 0 Å². The predicted molar refractivity (Wildman–Crippen MR) is 77.5 cm³/mol. The van der Waals surface area contributed by atoms with Crippen LogP contribution >= 0.6 is 0 Å². The van der Waals surface area contributed by atoms with Crippen LogP contribution in [0.25, 0.3) is 0 Å². The van der Waals surface area contributed by atoms with Crippen LogP contribution in [0.5, 0.6) is 5.75 Å². The number of hydrogen-bond acceptors (Lipinski definition) is 4. The molecule has 0 bridgehead atoms. The number of rotatable bonds is 6. The van der Waals surface area contributed by atoms with Gasteiger partial charge in [-0.15, -0.1) is 0 Å². The van der Waals surface area contributed by atoms with Crippen molar-refractivity contribution in [3.05, 3.63) is 54.1 Å². The lowest BCUT2D eigenvalue weighted by Crippen LogP contribution is -2.07. The van der Waals surface area contributed by atoms with Gasteiger partial charge in [0.05, 0.1) is 18.4 Å². The summed E-state index contributed by atoms with van der Waals surface area (Å²) >= 11 is 0. The van der Waals surface area contributed by atoms with E-state index in [0.717, 1.165) is 17.7 Å². The van der Waals surface area contributed by atoms with Crippen LogP contribution in [0.4, 0.5) is 0 Å². The summed E-state index contributed by atoms with van der Waals surface area (Å²) in [6.07, 6.45) is 5.99. The van der Waals surface area contributed by atoms with E-state index in [9.17, 15) is 5.11 Å². The Kier molecular flexibility index (Phi) is 5.07. The normalized spacial score (nSPS) is 12.4. The maximum Gasteiger partial charge on any atom is 0.138 e. The molecule has 2 rings (SSSR count). The number of aliphatic hydroxyl groups is 1. The summed E-state index contributed by atoms with van der Waals surface area (Å²) in [6.45, 7) is 3.92. The van der Waals surface area contributed by atoms with E-state index in [2.05, 4.69) is 9.97 Å². The van der Waals surface area contributed by atoms with Crippen LogP contribution in [-0.4, -0.2) is 21.2 Å². The number of aryl methyl sites for hydroxylation is 1. The monoisotopic (exact) mass is 272 g/mol. The largest absolute Gasteiger partial charge is 0.489 e. The summed E-state index contributed by atoms with van der Waals surface area (Å²) < 4.78 is 5.58. The number of pyridine rings is 2. The molecule has 0 aliphatic carbocycles. The summed E-state index contributed by atoms with van der Waals surface area (Å²) in [4.78, 5) is 8.36. The number of aliphatic hydroxyl groups excluding tert-OH is 1. The van der Waals surface area contributed by atoms with E-state index in [4.69, 9.17) is 4.74 Å². The molecule has 0 spiro atoms. The van der Waals surface area contributed by atoms with Gasteiger partial charge in [-0.25, -0.2) is 0 Å². The van der Waals surface area contributed by atoms with E-state index < -0.39 is 6.10 Å². The molecule has 0 saturated carbocycles. The maximum atomic E-state index is 10.2. The Balaban J connectivity index is 1.96. The van der Waals surface area contributed by atoms with Gasteiger partial charge in [-0.1, -0.05) is 6.07 Å². The number of nitrogens with zero attached hydrogens (tertiary/aromatic N) is 2. The van der Waals surface area contributed by atoms with Crippen LogP contribution in [0, 0.1) is 0 Å². The molecule has 20 heavy (non-hydrogen) atoms. The third-order valence-corrected chi connectivity index (χ3v) is 2.89. The van der Waals surface area contributed by atoms with E-state index in [1.807, 2.05) is 38.1 Å². The van der Waals surface area contributed by atoms with Crippen molar-refractivity contribution in [2.45, 2.75) is 38.9 Å². The van der Waals surface area contributed by atoms with Gasteiger partial charge in [0.25, 0.3) is 0 Å². The molecular formula is C16H20N2O2. The standard InChI is InChI=1S/C16H20N2O2/c1-12(2)20-15-9-13(10-17-11-15)16(19)7-6-14-5-3-4-8-18-14/h3-5,8-12,16,19H,6-7H2,1-2H3. The molecule has 0 saturated heterocycles. The first-order valence-corrected chi connectivity index (χ1v) is 6.84. The van der Waals surface area contributed by atoms with Gasteiger partial charge in [0.15, 0.2) is 0 Å². The smallest absolute Gasteiger partial charge is 0.138 e. The summed E-state index contributed by atoms with van der Waals surface area (Å²) in [7, 11) is 0. The van der Waals surface area contributed by atoms with Crippen molar-refractivity contribution in [1.29, 1.82) is 0 Å². The van der Waals surface area contributed by atoms with Crippen LogP contribution in [0.1, 0.15) is 37.6 Å². The van der Waals surface area contributed by atoms with Gasteiger partial charge in [0.1, 0.15) is 5.75 Å². The fraction of sp³-hybridized carbons (Fsp3) is 0.375. The second-order valence-corrected chi connectivity index (χ2v) is 5.00. The van der Waals surface area contributed by atoms with Crippen LogP contribution in [0.2, 0.25) is 0 Å². The molecular weight excluding hydrogens is 252 g/mol. The van der Waals surface area contributed by atoms with Crippen molar-refractivity contribution in [3.8, 4) is 5.75 Å².